The lowest BCUT2D eigenvalue weighted by atomic mass is 10.0. The van der Waals surface area contributed by atoms with E-state index in [0.29, 0.717) is 19.6 Å². The fourth-order valence-electron chi connectivity index (χ4n) is 3.83. The van der Waals surface area contributed by atoms with Crippen LogP contribution in [-0.4, -0.2) is 41.2 Å². The van der Waals surface area contributed by atoms with Gasteiger partial charge in [0.05, 0.1) is 29.5 Å². The van der Waals surface area contributed by atoms with Crippen LogP contribution in [0.3, 0.4) is 0 Å². The highest BCUT2D eigenvalue weighted by atomic mass is 32.1. The van der Waals surface area contributed by atoms with Crippen molar-refractivity contribution < 1.29 is 22.7 Å². The van der Waals surface area contributed by atoms with Crippen molar-refractivity contribution in [2.75, 3.05) is 24.6 Å². The topological polar surface area (TPSA) is 68.6 Å². The predicted octanol–water partition coefficient (Wildman–Crippen LogP) is 4.87. The zero-order valence-electron chi connectivity index (χ0n) is 19.8. The van der Waals surface area contributed by atoms with Crippen LogP contribution in [0.4, 0.5) is 18.9 Å². The number of hydrogen-bond acceptors (Lipinski definition) is 5. The van der Waals surface area contributed by atoms with E-state index in [1.807, 2.05) is 31.2 Å². The molecule has 0 saturated carbocycles. The van der Waals surface area contributed by atoms with Crippen LogP contribution >= 0.6 is 12.2 Å². The third-order valence-corrected chi connectivity index (χ3v) is 6.21. The second kappa shape index (κ2) is 10.6. The minimum atomic E-state index is -4.73. The smallest absolute Gasteiger partial charge is 0.417 e. The highest BCUT2D eigenvalue weighted by molar-refractivity contribution is 7.80. The van der Waals surface area contributed by atoms with E-state index in [1.54, 1.807) is 24.8 Å². The number of carbonyl (C=O) groups is 1. The molecule has 0 aliphatic carbocycles. The summed E-state index contributed by atoms with van der Waals surface area (Å²) in [6.45, 7) is 7.84. The highest BCUT2D eigenvalue weighted by Crippen LogP contribution is 2.37. The minimum absolute atomic E-state index is 0.0178. The molecule has 6 nitrogen and oxygen atoms in total. The summed E-state index contributed by atoms with van der Waals surface area (Å²) in [7, 11) is 0. The molecule has 35 heavy (non-hydrogen) atoms. The van der Waals surface area contributed by atoms with Crippen LogP contribution in [0, 0.1) is 11.3 Å². The summed E-state index contributed by atoms with van der Waals surface area (Å²) in [5, 5.41) is 12.4. The number of amides is 1. The molecule has 0 aromatic heterocycles. The van der Waals surface area contributed by atoms with Gasteiger partial charge in [0.1, 0.15) is 11.3 Å². The number of hydrogen-bond donors (Lipinski definition) is 1. The van der Waals surface area contributed by atoms with Crippen molar-refractivity contribution in [2.45, 2.75) is 45.5 Å². The standard InChI is InChI=1S/C25H27F3N4O2S/c1-4-30-16-17-6-10-20(11-7-17)34-13-5-12-31-23(35)32(22(33)24(31,2)3)19-9-8-18(15-29)21(14-19)25(26,27)28/h6-11,14,30H,4-5,12-13,16H2,1-3H3. The maximum atomic E-state index is 13.4. The van der Waals surface area contributed by atoms with Crippen molar-refractivity contribution in [1.29, 1.82) is 5.26 Å². The van der Waals surface area contributed by atoms with Gasteiger partial charge in [0, 0.05) is 13.1 Å². The Kier molecular flexibility index (Phi) is 8.03. The molecule has 10 heteroatoms. The second-order valence-corrected chi connectivity index (χ2v) is 8.96. The van der Waals surface area contributed by atoms with Crippen molar-refractivity contribution in [3.05, 3.63) is 59.2 Å². The number of benzene rings is 2. The van der Waals surface area contributed by atoms with Crippen LogP contribution in [0.5, 0.6) is 5.75 Å². The lowest BCUT2D eigenvalue weighted by molar-refractivity contribution is -0.137. The Balaban J connectivity index is 1.67. The molecule has 1 heterocycles. The summed E-state index contributed by atoms with van der Waals surface area (Å²) in [5.74, 6) is 0.293. The Labute approximate surface area is 208 Å². The summed E-state index contributed by atoms with van der Waals surface area (Å²) < 4.78 is 46.1. The van der Waals surface area contributed by atoms with Gasteiger partial charge >= 0.3 is 6.18 Å². The Morgan fingerprint density at radius 2 is 1.86 bits per heavy atom. The van der Waals surface area contributed by atoms with Gasteiger partial charge in [-0.1, -0.05) is 19.1 Å². The number of ether oxygens (including phenoxy) is 1. The summed E-state index contributed by atoms with van der Waals surface area (Å²) in [6.07, 6.45) is -4.19. The largest absolute Gasteiger partial charge is 0.494 e. The Bertz CT molecular complexity index is 1130. The van der Waals surface area contributed by atoms with Gasteiger partial charge in [-0.25, -0.2) is 0 Å². The fraction of sp³-hybridized carbons (Fsp3) is 0.400. The van der Waals surface area contributed by atoms with Crippen LogP contribution in [0.1, 0.15) is 43.9 Å². The molecule has 0 atom stereocenters. The van der Waals surface area contributed by atoms with Gasteiger partial charge in [-0.3, -0.25) is 9.69 Å². The average Bonchev–Trinajstić information content (AvgIpc) is 2.99. The van der Waals surface area contributed by atoms with E-state index in [9.17, 15) is 18.0 Å². The lowest BCUT2D eigenvalue weighted by Gasteiger charge is -2.29. The van der Waals surface area contributed by atoms with Crippen molar-refractivity contribution in [3.63, 3.8) is 0 Å². The van der Waals surface area contributed by atoms with Crippen LogP contribution in [0.2, 0.25) is 0 Å². The van der Waals surface area contributed by atoms with E-state index in [0.717, 1.165) is 41.4 Å². The molecule has 1 aliphatic rings. The molecule has 1 N–H and O–H groups in total. The van der Waals surface area contributed by atoms with E-state index in [4.69, 9.17) is 22.2 Å². The molecule has 2 aromatic rings. The van der Waals surface area contributed by atoms with E-state index in [1.165, 1.54) is 6.07 Å². The summed E-state index contributed by atoms with van der Waals surface area (Å²) in [5.41, 5.74) is -1.53. The maximum absolute atomic E-state index is 13.4. The summed E-state index contributed by atoms with van der Waals surface area (Å²) in [6, 6.07) is 12.5. The molecule has 1 amide bonds. The SMILES string of the molecule is CCNCc1ccc(OCCCN2C(=S)N(c3ccc(C#N)c(C(F)(F)F)c3)C(=O)C2(C)C)cc1. The van der Waals surface area contributed by atoms with Gasteiger partial charge in [-0.2, -0.15) is 18.4 Å². The Morgan fingerprint density at radius 1 is 1.17 bits per heavy atom. The number of halogens is 3. The second-order valence-electron chi connectivity index (χ2n) is 8.60. The molecule has 186 valence electrons. The third kappa shape index (κ3) is 5.74. The van der Waals surface area contributed by atoms with Gasteiger partial charge in [0.2, 0.25) is 0 Å². The first-order valence-corrected chi connectivity index (χ1v) is 11.6. The monoisotopic (exact) mass is 504 g/mol. The molecule has 3 rings (SSSR count). The van der Waals surface area contributed by atoms with E-state index >= 15 is 0 Å². The zero-order valence-corrected chi connectivity index (χ0v) is 20.6. The van der Waals surface area contributed by atoms with Crippen LogP contribution in [0.25, 0.3) is 0 Å². The number of nitriles is 1. The van der Waals surface area contributed by atoms with E-state index in [-0.39, 0.29) is 10.8 Å². The number of alkyl halides is 3. The van der Waals surface area contributed by atoms with Gasteiger partial charge in [-0.15, -0.1) is 0 Å². The van der Waals surface area contributed by atoms with Crippen molar-refractivity contribution in [3.8, 4) is 11.8 Å². The molecular formula is C25H27F3N4O2S. The molecule has 1 aliphatic heterocycles. The zero-order chi connectivity index (χ0) is 25.8. The van der Waals surface area contributed by atoms with Crippen LogP contribution in [-0.2, 0) is 17.5 Å². The van der Waals surface area contributed by atoms with Gasteiger partial charge < -0.3 is 15.0 Å². The molecule has 0 radical (unpaired) electrons. The summed E-state index contributed by atoms with van der Waals surface area (Å²) in [4.78, 5) is 15.9. The predicted molar refractivity (Wildman–Crippen MR) is 131 cm³/mol. The molecule has 1 fully saturated rings. The fourth-order valence-corrected chi connectivity index (χ4v) is 4.34. The van der Waals surface area contributed by atoms with Gasteiger partial charge in [-0.05, 0) is 74.9 Å². The number of anilines is 1. The number of nitrogens with zero attached hydrogens (tertiary/aromatic N) is 3. The first-order valence-electron chi connectivity index (χ1n) is 11.2. The molecule has 1 saturated heterocycles. The molecule has 2 aromatic carbocycles. The normalized spacial score (nSPS) is 15.5. The summed E-state index contributed by atoms with van der Waals surface area (Å²) >= 11 is 5.50. The Morgan fingerprint density at radius 3 is 2.46 bits per heavy atom. The van der Waals surface area contributed by atoms with E-state index in [2.05, 4.69) is 5.32 Å². The highest BCUT2D eigenvalue weighted by Gasteiger charge is 2.49. The number of nitrogens with one attached hydrogen (secondary N) is 1. The number of rotatable bonds is 9. The molecule has 0 spiro atoms. The molecule has 0 bridgehead atoms. The van der Waals surface area contributed by atoms with Crippen molar-refractivity contribution >= 4 is 28.9 Å². The maximum Gasteiger partial charge on any atom is 0.417 e. The third-order valence-electron chi connectivity index (χ3n) is 5.81. The number of carbonyl (C=O) groups excluding carboxylic acids is 1. The van der Waals surface area contributed by atoms with Crippen LogP contribution < -0.4 is 15.0 Å². The van der Waals surface area contributed by atoms with E-state index < -0.39 is 28.7 Å². The Hall–Kier alpha value is -3.16. The lowest BCUT2D eigenvalue weighted by Crippen LogP contribution is -2.44. The van der Waals surface area contributed by atoms with Crippen molar-refractivity contribution in [1.82, 2.24) is 10.2 Å². The van der Waals surface area contributed by atoms with Crippen molar-refractivity contribution in [2.24, 2.45) is 0 Å². The first-order chi connectivity index (χ1) is 16.5. The van der Waals surface area contributed by atoms with Gasteiger partial charge in [0.15, 0.2) is 5.11 Å². The number of thiocarbonyl (C=S) groups is 1. The average molecular weight is 505 g/mol. The van der Waals surface area contributed by atoms with Crippen LogP contribution in [0.15, 0.2) is 42.5 Å². The minimum Gasteiger partial charge on any atom is -0.494 e. The first kappa shape index (κ1) is 26.4. The van der Waals surface area contributed by atoms with Gasteiger partial charge in [0.25, 0.3) is 5.91 Å². The molecular weight excluding hydrogens is 477 g/mol. The molecule has 0 unspecified atom stereocenters. The quantitative estimate of drug-likeness (QED) is 0.388.